The SMILES string of the molecule is FC(F)(F)C1(Cn2ncc3ccc(Cl)nc32)CC1. The first-order valence-corrected chi connectivity index (χ1v) is 5.84. The third kappa shape index (κ3) is 1.75. The van der Waals surface area contributed by atoms with Gasteiger partial charge in [0.05, 0.1) is 18.2 Å². The number of aromatic nitrogens is 3. The Hall–Kier alpha value is -1.30. The van der Waals surface area contributed by atoms with E-state index in [-0.39, 0.29) is 24.5 Å². The van der Waals surface area contributed by atoms with E-state index >= 15 is 0 Å². The molecule has 0 unspecified atom stereocenters. The van der Waals surface area contributed by atoms with Gasteiger partial charge in [0, 0.05) is 5.39 Å². The van der Waals surface area contributed by atoms with Crippen molar-refractivity contribution in [2.75, 3.05) is 0 Å². The molecule has 0 N–H and O–H groups in total. The van der Waals surface area contributed by atoms with Crippen LogP contribution in [0, 0.1) is 5.41 Å². The van der Waals surface area contributed by atoms with Crippen molar-refractivity contribution in [1.29, 1.82) is 0 Å². The molecule has 2 aromatic heterocycles. The van der Waals surface area contributed by atoms with Crippen molar-refractivity contribution in [2.24, 2.45) is 5.41 Å². The largest absolute Gasteiger partial charge is 0.396 e. The smallest absolute Gasteiger partial charge is 0.246 e. The number of pyridine rings is 1. The number of halogens is 4. The van der Waals surface area contributed by atoms with Crippen molar-refractivity contribution in [3.05, 3.63) is 23.5 Å². The van der Waals surface area contributed by atoms with Gasteiger partial charge in [-0.2, -0.15) is 18.3 Å². The molecule has 0 radical (unpaired) electrons. The van der Waals surface area contributed by atoms with Crippen LogP contribution in [0.4, 0.5) is 13.2 Å². The van der Waals surface area contributed by atoms with Crippen LogP contribution in [-0.2, 0) is 6.54 Å². The molecule has 3 rings (SSSR count). The molecule has 1 fully saturated rings. The fourth-order valence-electron chi connectivity index (χ4n) is 2.01. The van der Waals surface area contributed by atoms with Crippen molar-refractivity contribution < 1.29 is 13.2 Å². The summed E-state index contributed by atoms with van der Waals surface area (Å²) in [4.78, 5) is 4.03. The summed E-state index contributed by atoms with van der Waals surface area (Å²) in [5, 5.41) is 4.91. The lowest BCUT2D eigenvalue weighted by molar-refractivity contribution is -0.191. The molecule has 3 nitrogen and oxygen atoms in total. The minimum absolute atomic E-state index is 0.151. The van der Waals surface area contributed by atoms with Gasteiger partial charge in [-0.3, -0.25) is 0 Å². The lowest BCUT2D eigenvalue weighted by atomic mass is 10.1. The maximum absolute atomic E-state index is 12.9. The van der Waals surface area contributed by atoms with Gasteiger partial charge in [0.2, 0.25) is 0 Å². The van der Waals surface area contributed by atoms with Crippen LogP contribution in [-0.4, -0.2) is 20.9 Å². The zero-order valence-corrected chi connectivity index (χ0v) is 9.96. The summed E-state index contributed by atoms with van der Waals surface area (Å²) in [5.41, 5.74) is -1.23. The summed E-state index contributed by atoms with van der Waals surface area (Å²) < 4.78 is 39.9. The Bertz CT molecular complexity index is 601. The van der Waals surface area contributed by atoms with Gasteiger partial charge in [0.1, 0.15) is 5.15 Å². The van der Waals surface area contributed by atoms with Gasteiger partial charge in [0.25, 0.3) is 0 Å². The van der Waals surface area contributed by atoms with E-state index in [0.717, 1.165) is 0 Å². The molecule has 0 spiro atoms. The van der Waals surface area contributed by atoms with Gasteiger partial charge >= 0.3 is 6.18 Å². The van der Waals surface area contributed by atoms with Gasteiger partial charge in [-0.05, 0) is 25.0 Å². The van der Waals surface area contributed by atoms with Crippen molar-refractivity contribution >= 4 is 22.6 Å². The fraction of sp³-hybridized carbons (Fsp3) is 0.455. The summed E-state index contributed by atoms with van der Waals surface area (Å²) in [6.45, 7) is -0.187. The average molecular weight is 276 g/mol. The van der Waals surface area contributed by atoms with E-state index in [1.807, 2.05) is 0 Å². The topological polar surface area (TPSA) is 30.7 Å². The molecule has 18 heavy (non-hydrogen) atoms. The Morgan fingerprint density at radius 2 is 2.06 bits per heavy atom. The highest BCUT2D eigenvalue weighted by Crippen LogP contribution is 2.58. The molecule has 0 atom stereocenters. The molecule has 0 bridgehead atoms. The Kier molecular flexibility index (Phi) is 2.35. The number of hydrogen-bond acceptors (Lipinski definition) is 2. The van der Waals surface area contributed by atoms with E-state index in [1.54, 1.807) is 12.1 Å². The Balaban J connectivity index is 1.99. The summed E-state index contributed by atoms with van der Waals surface area (Å²) in [6, 6.07) is 3.29. The van der Waals surface area contributed by atoms with Crippen molar-refractivity contribution in [1.82, 2.24) is 14.8 Å². The summed E-state index contributed by atoms with van der Waals surface area (Å²) in [5.74, 6) is 0. The molecule has 0 aliphatic heterocycles. The van der Waals surface area contributed by atoms with Gasteiger partial charge in [-0.15, -0.1) is 0 Å². The first-order valence-electron chi connectivity index (χ1n) is 5.46. The third-order valence-electron chi connectivity index (χ3n) is 3.36. The Morgan fingerprint density at radius 1 is 1.33 bits per heavy atom. The van der Waals surface area contributed by atoms with E-state index in [4.69, 9.17) is 11.6 Å². The molecule has 1 aliphatic rings. The first-order chi connectivity index (χ1) is 8.41. The average Bonchev–Trinajstić information content (AvgIpc) is 2.97. The highest BCUT2D eigenvalue weighted by atomic mass is 35.5. The van der Waals surface area contributed by atoms with Gasteiger partial charge in [-0.25, -0.2) is 9.67 Å². The molecular formula is C11H9ClF3N3. The van der Waals surface area contributed by atoms with Gasteiger partial charge in [-0.1, -0.05) is 11.6 Å². The Morgan fingerprint density at radius 3 is 2.67 bits per heavy atom. The molecule has 0 aromatic carbocycles. The van der Waals surface area contributed by atoms with Gasteiger partial charge < -0.3 is 0 Å². The number of nitrogens with zero attached hydrogens (tertiary/aromatic N) is 3. The maximum atomic E-state index is 12.9. The normalized spacial score (nSPS) is 18.2. The van der Waals surface area contributed by atoms with Crippen molar-refractivity contribution in [3.8, 4) is 0 Å². The third-order valence-corrected chi connectivity index (χ3v) is 3.57. The first kappa shape index (κ1) is 11.8. The van der Waals surface area contributed by atoms with Crippen LogP contribution in [0.3, 0.4) is 0 Å². The van der Waals surface area contributed by atoms with E-state index < -0.39 is 11.6 Å². The molecule has 2 aromatic rings. The van der Waals surface area contributed by atoms with E-state index in [1.165, 1.54) is 10.9 Å². The summed E-state index contributed by atoms with van der Waals surface area (Å²) in [7, 11) is 0. The number of rotatable bonds is 2. The molecule has 7 heteroatoms. The zero-order chi connectivity index (χ0) is 13.0. The second-order valence-electron chi connectivity index (χ2n) is 4.63. The quantitative estimate of drug-likeness (QED) is 0.786. The second kappa shape index (κ2) is 3.60. The van der Waals surface area contributed by atoms with Crippen LogP contribution in [0.1, 0.15) is 12.8 Å². The fourth-order valence-corrected chi connectivity index (χ4v) is 2.16. The number of hydrogen-bond donors (Lipinski definition) is 0. The van der Waals surface area contributed by atoms with Crippen LogP contribution in [0.25, 0.3) is 11.0 Å². The minimum atomic E-state index is -4.19. The highest BCUT2D eigenvalue weighted by Gasteiger charge is 2.63. The standard InChI is InChI=1S/C11H9ClF3N3/c12-8-2-1-7-5-16-18(9(7)17-8)6-10(3-4-10)11(13,14)15/h1-2,5H,3-4,6H2. The lowest BCUT2D eigenvalue weighted by Crippen LogP contribution is -2.29. The number of alkyl halides is 3. The molecular weight excluding hydrogens is 267 g/mol. The predicted molar refractivity (Wildman–Crippen MR) is 60.3 cm³/mol. The van der Waals surface area contributed by atoms with Crippen LogP contribution in [0.5, 0.6) is 0 Å². The molecule has 2 heterocycles. The van der Waals surface area contributed by atoms with E-state index in [0.29, 0.717) is 11.0 Å². The van der Waals surface area contributed by atoms with E-state index in [9.17, 15) is 13.2 Å². The lowest BCUT2D eigenvalue weighted by Gasteiger charge is -2.19. The van der Waals surface area contributed by atoms with Crippen LogP contribution < -0.4 is 0 Å². The number of fused-ring (bicyclic) bond motifs is 1. The summed E-state index contributed by atoms with van der Waals surface area (Å²) >= 11 is 5.75. The van der Waals surface area contributed by atoms with Crippen LogP contribution in [0.2, 0.25) is 5.15 Å². The minimum Gasteiger partial charge on any atom is -0.246 e. The predicted octanol–water partition coefficient (Wildman–Crippen LogP) is 3.43. The van der Waals surface area contributed by atoms with Crippen LogP contribution in [0.15, 0.2) is 18.3 Å². The summed E-state index contributed by atoms with van der Waals surface area (Å²) in [6.07, 6.45) is -2.38. The zero-order valence-electron chi connectivity index (χ0n) is 9.21. The molecule has 1 saturated carbocycles. The molecule has 0 amide bonds. The molecule has 96 valence electrons. The molecule has 1 aliphatic carbocycles. The maximum Gasteiger partial charge on any atom is 0.396 e. The van der Waals surface area contributed by atoms with Gasteiger partial charge in [0.15, 0.2) is 5.65 Å². The molecule has 0 saturated heterocycles. The van der Waals surface area contributed by atoms with Crippen molar-refractivity contribution in [2.45, 2.75) is 25.6 Å². The monoisotopic (exact) mass is 275 g/mol. The van der Waals surface area contributed by atoms with Crippen LogP contribution >= 0.6 is 11.6 Å². The highest BCUT2D eigenvalue weighted by molar-refractivity contribution is 6.29. The van der Waals surface area contributed by atoms with Crippen molar-refractivity contribution in [3.63, 3.8) is 0 Å². The Labute approximate surface area is 106 Å². The second-order valence-corrected chi connectivity index (χ2v) is 5.01. The van der Waals surface area contributed by atoms with E-state index in [2.05, 4.69) is 10.1 Å².